The minimum Gasteiger partial charge on any atom is -0.479 e. The average Bonchev–Trinajstić information content (AvgIpc) is 2.38. The molecular formula is C14H11Cl2NO2. The third-order valence-electron chi connectivity index (χ3n) is 2.61. The van der Waals surface area contributed by atoms with E-state index in [9.17, 15) is 9.90 Å². The summed E-state index contributed by atoms with van der Waals surface area (Å²) in [6.45, 7) is 0. The van der Waals surface area contributed by atoms with E-state index in [2.05, 4.69) is 5.32 Å². The first-order chi connectivity index (χ1) is 9.08. The van der Waals surface area contributed by atoms with Gasteiger partial charge in [-0.15, -0.1) is 0 Å². The van der Waals surface area contributed by atoms with Crippen molar-refractivity contribution in [2.75, 3.05) is 5.32 Å². The molecule has 2 aromatic rings. The minimum absolute atomic E-state index is 0.384. The normalized spacial score (nSPS) is 11.9. The van der Waals surface area contributed by atoms with Gasteiger partial charge in [-0.1, -0.05) is 53.5 Å². The van der Waals surface area contributed by atoms with E-state index in [0.717, 1.165) is 0 Å². The Morgan fingerprint density at radius 3 is 2.37 bits per heavy atom. The van der Waals surface area contributed by atoms with Gasteiger partial charge in [-0.05, 0) is 23.8 Å². The number of rotatable bonds is 4. The summed E-state index contributed by atoms with van der Waals surface area (Å²) in [7, 11) is 0. The Kier molecular flexibility index (Phi) is 4.30. The predicted octanol–water partition coefficient (Wildman–Crippen LogP) is 4.23. The molecule has 1 unspecified atom stereocenters. The summed E-state index contributed by atoms with van der Waals surface area (Å²) in [4.78, 5) is 11.4. The van der Waals surface area contributed by atoms with Crippen LogP contribution in [0.5, 0.6) is 0 Å². The number of hydrogen-bond donors (Lipinski definition) is 2. The summed E-state index contributed by atoms with van der Waals surface area (Å²) in [6, 6.07) is 12.9. The lowest BCUT2D eigenvalue weighted by molar-refractivity contribution is -0.138. The number of aliphatic carboxylic acids is 1. The highest BCUT2D eigenvalue weighted by Crippen LogP contribution is 2.29. The third kappa shape index (κ3) is 3.40. The standard InChI is InChI=1S/C14H11Cl2NO2/c15-10-6-7-12(11(16)8-10)17-13(14(18)19)9-4-2-1-3-5-9/h1-8,13,17H,(H,18,19). The van der Waals surface area contributed by atoms with E-state index in [1.807, 2.05) is 6.07 Å². The smallest absolute Gasteiger partial charge is 0.330 e. The Bertz CT molecular complexity index is 587. The number of anilines is 1. The molecule has 2 N–H and O–H groups in total. The van der Waals surface area contributed by atoms with Gasteiger partial charge >= 0.3 is 5.97 Å². The molecule has 0 aromatic heterocycles. The molecule has 1 atom stereocenters. The Labute approximate surface area is 120 Å². The summed E-state index contributed by atoms with van der Waals surface area (Å²) >= 11 is 11.8. The minimum atomic E-state index is -0.975. The van der Waals surface area contributed by atoms with Crippen molar-refractivity contribution in [3.63, 3.8) is 0 Å². The summed E-state index contributed by atoms with van der Waals surface area (Å²) in [5, 5.41) is 13.1. The van der Waals surface area contributed by atoms with Gasteiger partial charge in [0.05, 0.1) is 10.7 Å². The fourth-order valence-corrected chi connectivity index (χ4v) is 2.16. The van der Waals surface area contributed by atoms with E-state index in [1.165, 1.54) is 0 Å². The van der Waals surface area contributed by atoms with Crippen LogP contribution in [0.4, 0.5) is 5.69 Å². The van der Waals surface area contributed by atoms with Gasteiger partial charge in [0.25, 0.3) is 0 Å². The second kappa shape index (κ2) is 5.95. The SMILES string of the molecule is O=C(O)C(Nc1ccc(Cl)cc1Cl)c1ccccc1. The van der Waals surface area contributed by atoms with Crippen molar-refractivity contribution < 1.29 is 9.90 Å². The van der Waals surface area contributed by atoms with Crippen molar-refractivity contribution in [2.45, 2.75) is 6.04 Å². The quantitative estimate of drug-likeness (QED) is 0.887. The van der Waals surface area contributed by atoms with Crippen LogP contribution in [0.25, 0.3) is 0 Å². The van der Waals surface area contributed by atoms with E-state index in [4.69, 9.17) is 23.2 Å². The van der Waals surface area contributed by atoms with Gasteiger partial charge in [-0.3, -0.25) is 0 Å². The third-order valence-corrected chi connectivity index (χ3v) is 3.16. The van der Waals surface area contributed by atoms with Crippen molar-refractivity contribution in [3.05, 3.63) is 64.1 Å². The van der Waals surface area contributed by atoms with Crippen LogP contribution in [-0.4, -0.2) is 11.1 Å². The molecule has 0 aliphatic heterocycles. The van der Waals surface area contributed by atoms with Crippen LogP contribution < -0.4 is 5.32 Å². The van der Waals surface area contributed by atoms with Gasteiger partial charge in [-0.25, -0.2) is 4.79 Å². The summed E-state index contributed by atoms with van der Waals surface area (Å²) in [5.74, 6) is -0.975. The molecule has 0 bridgehead atoms. The maximum Gasteiger partial charge on any atom is 0.330 e. The first kappa shape index (κ1) is 13.7. The van der Waals surface area contributed by atoms with Crippen molar-refractivity contribution >= 4 is 34.9 Å². The highest BCUT2D eigenvalue weighted by Gasteiger charge is 2.20. The molecule has 0 saturated carbocycles. The highest BCUT2D eigenvalue weighted by atomic mass is 35.5. The molecule has 3 nitrogen and oxygen atoms in total. The molecule has 0 aliphatic carbocycles. The topological polar surface area (TPSA) is 49.3 Å². The molecule has 0 radical (unpaired) electrons. The first-order valence-corrected chi connectivity index (χ1v) is 6.33. The Balaban J connectivity index is 2.29. The predicted molar refractivity (Wildman–Crippen MR) is 76.9 cm³/mol. The molecule has 19 heavy (non-hydrogen) atoms. The molecule has 0 heterocycles. The molecule has 0 aliphatic rings. The van der Waals surface area contributed by atoms with Gasteiger partial charge in [0, 0.05) is 5.02 Å². The van der Waals surface area contributed by atoms with Gasteiger partial charge in [0.1, 0.15) is 0 Å². The van der Waals surface area contributed by atoms with Crippen molar-refractivity contribution in [1.29, 1.82) is 0 Å². The number of carbonyl (C=O) groups is 1. The number of nitrogens with one attached hydrogen (secondary N) is 1. The number of carboxylic acids is 1. The lowest BCUT2D eigenvalue weighted by atomic mass is 10.1. The van der Waals surface area contributed by atoms with Crippen LogP contribution in [0.15, 0.2) is 48.5 Å². The van der Waals surface area contributed by atoms with Crippen molar-refractivity contribution in [1.82, 2.24) is 0 Å². The molecule has 2 rings (SSSR count). The van der Waals surface area contributed by atoms with Crippen molar-refractivity contribution in [3.8, 4) is 0 Å². The Morgan fingerprint density at radius 2 is 1.79 bits per heavy atom. The number of benzene rings is 2. The number of carboxylic acid groups (broad SMARTS) is 1. The molecular weight excluding hydrogens is 285 g/mol. The zero-order valence-corrected chi connectivity index (χ0v) is 11.3. The molecule has 2 aromatic carbocycles. The molecule has 0 spiro atoms. The van der Waals surface area contributed by atoms with E-state index in [0.29, 0.717) is 21.3 Å². The fourth-order valence-electron chi connectivity index (χ4n) is 1.70. The summed E-state index contributed by atoms with van der Waals surface area (Å²) in [5.41, 5.74) is 1.18. The summed E-state index contributed by atoms with van der Waals surface area (Å²) in [6.07, 6.45) is 0. The van der Waals surface area contributed by atoms with Crippen molar-refractivity contribution in [2.24, 2.45) is 0 Å². The molecule has 0 saturated heterocycles. The van der Waals surface area contributed by atoms with E-state index >= 15 is 0 Å². The van der Waals surface area contributed by atoms with E-state index in [-0.39, 0.29) is 0 Å². The summed E-state index contributed by atoms with van der Waals surface area (Å²) < 4.78 is 0. The van der Waals surface area contributed by atoms with Crippen LogP contribution in [-0.2, 0) is 4.79 Å². The molecule has 98 valence electrons. The van der Waals surface area contributed by atoms with Crippen LogP contribution >= 0.6 is 23.2 Å². The maximum absolute atomic E-state index is 11.4. The van der Waals surface area contributed by atoms with Gasteiger partial charge in [0.15, 0.2) is 6.04 Å². The van der Waals surface area contributed by atoms with E-state index in [1.54, 1.807) is 42.5 Å². The number of hydrogen-bond acceptors (Lipinski definition) is 2. The first-order valence-electron chi connectivity index (χ1n) is 5.57. The van der Waals surface area contributed by atoms with Gasteiger partial charge in [-0.2, -0.15) is 0 Å². The molecule has 5 heteroatoms. The van der Waals surface area contributed by atoms with Crippen LogP contribution in [0.2, 0.25) is 10.0 Å². The zero-order valence-electron chi connectivity index (χ0n) is 9.81. The van der Waals surface area contributed by atoms with E-state index < -0.39 is 12.0 Å². The monoisotopic (exact) mass is 295 g/mol. The second-order valence-corrected chi connectivity index (χ2v) is 4.79. The molecule has 0 fully saturated rings. The van der Waals surface area contributed by atoms with Crippen LogP contribution in [0.1, 0.15) is 11.6 Å². The van der Waals surface area contributed by atoms with Gasteiger partial charge in [0.2, 0.25) is 0 Å². The fraction of sp³-hybridized carbons (Fsp3) is 0.0714. The average molecular weight is 296 g/mol. The molecule has 0 amide bonds. The van der Waals surface area contributed by atoms with Gasteiger partial charge < -0.3 is 10.4 Å². The van der Waals surface area contributed by atoms with Crippen LogP contribution in [0.3, 0.4) is 0 Å². The van der Waals surface area contributed by atoms with Crippen LogP contribution in [0, 0.1) is 0 Å². The maximum atomic E-state index is 11.4. The largest absolute Gasteiger partial charge is 0.479 e. The Morgan fingerprint density at radius 1 is 1.11 bits per heavy atom. The Hall–Kier alpha value is -1.71. The zero-order chi connectivity index (χ0) is 13.8. The second-order valence-electron chi connectivity index (χ2n) is 3.95. The number of halogens is 2. The lowest BCUT2D eigenvalue weighted by Crippen LogP contribution is -2.20. The highest BCUT2D eigenvalue weighted by molar-refractivity contribution is 6.36. The lowest BCUT2D eigenvalue weighted by Gasteiger charge is -2.17.